The van der Waals surface area contributed by atoms with Crippen molar-refractivity contribution in [3.63, 3.8) is 0 Å². The summed E-state index contributed by atoms with van der Waals surface area (Å²) in [6.07, 6.45) is -3.16. The second-order valence-electron chi connectivity index (χ2n) is 9.74. The molecular weight excluding hydrogens is 559 g/mol. The molecule has 2 aromatic rings. The van der Waals surface area contributed by atoms with Gasteiger partial charge in [-0.15, -0.1) is 0 Å². The Kier molecular flexibility index (Phi) is 10.3. The maximum atomic E-state index is 13.9. The summed E-state index contributed by atoms with van der Waals surface area (Å²) in [6.45, 7) is 7.15. The number of carbonyl (C=O) groups is 2. The normalized spacial score (nSPS) is 24.2. The number of benzene rings is 1. The predicted octanol–water partition coefficient (Wildman–Crippen LogP) is 2.42. The van der Waals surface area contributed by atoms with Gasteiger partial charge >= 0.3 is 25.4 Å². The number of carbonyl (C=O) groups excluding carboxylic acids is 2. The van der Waals surface area contributed by atoms with Crippen molar-refractivity contribution in [3.8, 4) is 11.8 Å². The molecule has 3 rings (SSSR count). The average Bonchev–Trinajstić information content (AvgIpc) is 3.19. The highest BCUT2D eigenvalue weighted by Gasteiger charge is 2.58. The molecule has 1 aliphatic rings. The van der Waals surface area contributed by atoms with E-state index >= 15 is 0 Å². The molecule has 1 unspecified atom stereocenters. The molecular formula is C26H33N4O10P. The van der Waals surface area contributed by atoms with E-state index in [1.165, 1.54) is 26.0 Å². The number of ether oxygens (including phenoxy) is 3. The van der Waals surface area contributed by atoms with Crippen LogP contribution in [-0.4, -0.2) is 52.5 Å². The molecule has 0 aliphatic carbocycles. The Morgan fingerprint density at radius 2 is 1.90 bits per heavy atom. The van der Waals surface area contributed by atoms with Crippen molar-refractivity contribution < 1.29 is 37.4 Å². The van der Waals surface area contributed by atoms with Crippen LogP contribution in [0.1, 0.15) is 47.3 Å². The smallest absolute Gasteiger partial charge is 0.459 e. The van der Waals surface area contributed by atoms with Crippen LogP contribution in [-0.2, 0) is 32.9 Å². The minimum Gasteiger partial charge on any atom is -0.462 e. The highest BCUT2D eigenvalue weighted by Crippen LogP contribution is 2.49. The van der Waals surface area contributed by atoms with E-state index in [4.69, 9.17) is 23.3 Å². The minimum atomic E-state index is -4.34. The van der Waals surface area contributed by atoms with E-state index < -0.39 is 73.5 Å². The summed E-state index contributed by atoms with van der Waals surface area (Å²) >= 11 is 0. The Bertz CT molecular complexity index is 1440. The van der Waals surface area contributed by atoms with Crippen LogP contribution in [0.15, 0.2) is 52.2 Å². The number of para-hydroxylation sites is 1. The Hall–Kier alpha value is -3.76. The summed E-state index contributed by atoms with van der Waals surface area (Å²) in [5, 5.41) is 12.7. The third kappa shape index (κ3) is 7.71. The molecule has 2 N–H and O–H groups in total. The third-order valence-electron chi connectivity index (χ3n) is 6.07. The largest absolute Gasteiger partial charge is 0.462 e. The number of nitriles is 1. The van der Waals surface area contributed by atoms with Gasteiger partial charge in [-0.1, -0.05) is 25.1 Å². The molecule has 2 heterocycles. The van der Waals surface area contributed by atoms with Crippen LogP contribution in [0.5, 0.6) is 5.75 Å². The predicted molar refractivity (Wildman–Crippen MR) is 144 cm³/mol. The van der Waals surface area contributed by atoms with E-state index in [0.717, 1.165) is 16.8 Å². The summed E-state index contributed by atoms with van der Waals surface area (Å²) in [7, 11) is -4.34. The zero-order valence-electron chi connectivity index (χ0n) is 23.3. The first-order chi connectivity index (χ1) is 19.3. The number of nitrogens with zero attached hydrogens (tertiary/aromatic N) is 2. The van der Waals surface area contributed by atoms with Gasteiger partial charge < -0.3 is 18.7 Å². The molecule has 0 spiro atoms. The van der Waals surface area contributed by atoms with E-state index in [1.807, 2.05) is 0 Å². The fourth-order valence-corrected chi connectivity index (χ4v) is 5.55. The third-order valence-corrected chi connectivity index (χ3v) is 7.72. The molecule has 1 fully saturated rings. The quantitative estimate of drug-likeness (QED) is 0.271. The number of esters is 2. The number of rotatable bonds is 12. The van der Waals surface area contributed by atoms with Crippen molar-refractivity contribution in [3.05, 3.63) is 63.4 Å². The first-order valence-electron chi connectivity index (χ1n) is 12.9. The van der Waals surface area contributed by atoms with Crippen molar-refractivity contribution >= 4 is 19.7 Å². The maximum absolute atomic E-state index is 13.9. The van der Waals surface area contributed by atoms with Gasteiger partial charge in [-0.25, -0.2) is 9.36 Å². The monoisotopic (exact) mass is 592 g/mol. The molecule has 0 amide bonds. The Balaban J connectivity index is 1.95. The number of aromatic nitrogens is 2. The van der Waals surface area contributed by atoms with E-state index in [-0.39, 0.29) is 12.2 Å². The van der Waals surface area contributed by atoms with Crippen LogP contribution < -0.4 is 20.9 Å². The molecule has 1 saturated heterocycles. The lowest BCUT2D eigenvalue weighted by Gasteiger charge is -2.29. The fourth-order valence-electron chi connectivity index (χ4n) is 4.05. The molecule has 6 atom stereocenters. The molecule has 41 heavy (non-hydrogen) atoms. The van der Waals surface area contributed by atoms with Gasteiger partial charge in [0.2, 0.25) is 0 Å². The number of hydrogen-bond acceptors (Lipinski definition) is 11. The molecule has 0 saturated carbocycles. The molecule has 14 nitrogen and oxygen atoms in total. The maximum Gasteiger partial charge on any atom is 0.459 e. The molecule has 1 aromatic heterocycles. The van der Waals surface area contributed by atoms with Crippen molar-refractivity contribution in [1.82, 2.24) is 14.6 Å². The van der Waals surface area contributed by atoms with E-state index in [1.54, 1.807) is 39.0 Å². The minimum absolute atomic E-state index is 0.0263. The van der Waals surface area contributed by atoms with Gasteiger partial charge in [0.15, 0.2) is 12.3 Å². The van der Waals surface area contributed by atoms with E-state index in [9.17, 15) is 29.0 Å². The van der Waals surface area contributed by atoms with Crippen molar-refractivity contribution in [2.24, 2.45) is 5.41 Å². The van der Waals surface area contributed by atoms with Crippen molar-refractivity contribution in [1.29, 1.82) is 5.26 Å². The van der Waals surface area contributed by atoms with Crippen LogP contribution in [0.25, 0.3) is 0 Å². The molecule has 1 aromatic carbocycles. The fraction of sp³-hybridized carbons (Fsp3) is 0.500. The van der Waals surface area contributed by atoms with Crippen LogP contribution in [0, 0.1) is 16.7 Å². The zero-order valence-corrected chi connectivity index (χ0v) is 24.2. The van der Waals surface area contributed by atoms with Gasteiger partial charge in [0.1, 0.15) is 23.3 Å². The van der Waals surface area contributed by atoms with Crippen molar-refractivity contribution in [2.75, 3.05) is 6.61 Å². The summed E-state index contributed by atoms with van der Waals surface area (Å²) in [6, 6.07) is 10.1. The van der Waals surface area contributed by atoms with Crippen LogP contribution in [0.2, 0.25) is 0 Å². The SMILES string of the molecule is CCC(=O)O[C@@H]1[C@@H](COP(=O)(N[C@@H](C)C(=O)OC(C)C)Oc2ccccc2)O[C@@H](n2ccc(=O)[nH]c2=O)[C@]1(C)C#N. The lowest BCUT2D eigenvalue weighted by Crippen LogP contribution is -2.43. The first kappa shape index (κ1) is 31.8. The Morgan fingerprint density at radius 1 is 1.22 bits per heavy atom. The first-order valence-corrected chi connectivity index (χ1v) is 14.4. The lowest BCUT2D eigenvalue weighted by molar-refractivity contribution is -0.155. The number of hydrogen-bond donors (Lipinski definition) is 2. The Labute approximate surface area is 236 Å². The summed E-state index contributed by atoms with van der Waals surface area (Å²) in [5.41, 5.74) is -3.16. The molecule has 0 bridgehead atoms. The van der Waals surface area contributed by atoms with Crippen LogP contribution >= 0.6 is 7.75 Å². The lowest BCUT2D eigenvalue weighted by atomic mass is 9.83. The van der Waals surface area contributed by atoms with Gasteiger partial charge in [0.05, 0.1) is 18.8 Å². The molecule has 15 heteroatoms. The van der Waals surface area contributed by atoms with Crippen molar-refractivity contribution in [2.45, 2.75) is 71.6 Å². The van der Waals surface area contributed by atoms with Gasteiger partial charge in [0, 0.05) is 18.7 Å². The summed E-state index contributed by atoms with van der Waals surface area (Å²) in [4.78, 5) is 51.0. The standard InChI is InChI=1S/C26H33N4O10P/c1-6-21(32)39-22-19(38-24(26(22,5)15-27)30-13-12-20(31)28-25(30)34)14-36-41(35,40-18-10-8-7-9-11-18)29-17(4)23(33)37-16(2)3/h7-13,16-17,19,22,24H,6,14H2,1-5H3,(H,29,35)(H,28,31,34)/t17-,19+,22+,24+,26+,41?/m0/s1. The van der Waals surface area contributed by atoms with Gasteiger partial charge in [-0.05, 0) is 39.8 Å². The van der Waals surface area contributed by atoms with Crippen LogP contribution in [0.4, 0.5) is 0 Å². The summed E-state index contributed by atoms with van der Waals surface area (Å²) in [5.74, 6) is -1.21. The van der Waals surface area contributed by atoms with Gasteiger partial charge in [-0.3, -0.25) is 28.5 Å². The topological polar surface area (TPSA) is 188 Å². The van der Waals surface area contributed by atoms with E-state index in [0.29, 0.717) is 0 Å². The molecule has 0 radical (unpaired) electrons. The average molecular weight is 593 g/mol. The summed E-state index contributed by atoms with van der Waals surface area (Å²) < 4.78 is 43.0. The van der Waals surface area contributed by atoms with E-state index in [2.05, 4.69) is 16.1 Å². The Morgan fingerprint density at radius 3 is 2.49 bits per heavy atom. The zero-order chi connectivity index (χ0) is 30.4. The highest BCUT2D eigenvalue weighted by molar-refractivity contribution is 7.52. The number of H-pyrrole nitrogens is 1. The molecule has 1 aliphatic heterocycles. The number of nitrogens with one attached hydrogen (secondary N) is 2. The second-order valence-corrected chi connectivity index (χ2v) is 11.4. The van der Waals surface area contributed by atoms with Crippen LogP contribution in [0.3, 0.4) is 0 Å². The number of aromatic amines is 1. The second kappa shape index (κ2) is 13.3. The highest BCUT2D eigenvalue weighted by atomic mass is 31.2. The van der Waals surface area contributed by atoms with Gasteiger partial charge in [-0.2, -0.15) is 10.3 Å². The van der Waals surface area contributed by atoms with Gasteiger partial charge in [0.25, 0.3) is 5.56 Å². The molecule has 222 valence electrons.